The number of nitrogens with one attached hydrogen (secondary N) is 2. The molecule has 2 radical (unpaired) electrons. The molecule has 0 spiro atoms. The highest BCUT2D eigenvalue weighted by molar-refractivity contribution is 6.15. The zero-order valence-electron chi connectivity index (χ0n) is 33.1. The number of benzene rings is 1. The van der Waals surface area contributed by atoms with Crippen LogP contribution in [0.1, 0.15) is 79.7 Å². The summed E-state index contributed by atoms with van der Waals surface area (Å²) in [4.78, 5) is 40.9. The van der Waals surface area contributed by atoms with Gasteiger partial charge in [-0.3, -0.25) is 24.3 Å². The van der Waals surface area contributed by atoms with Crippen LogP contribution in [0.15, 0.2) is 42.9 Å². The van der Waals surface area contributed by atoms with E-state index in [4.69, 9.17) is 23.1 Å². The van der Waals surface area contributed by atoms with Gasteiger partial charge in [-0.2, -0.15) is 5.10 Å². The lowest BCUT2D eigenvalue weighted by molar-refractivity contribution is -0.148. The number of unbranched alkanes of at least 4 members (excludes halogenated alkanes) is 1. The van der Waals surface area contributed by atoms with E-state index in [2.05, 4.69) is 53.5 Å². The number of rotatable bonds is 22. The zero-order chi connectivity index (χ0) is 39.8. The second-order valence-corrected chi connectivity index (χ2v) is 15.6. The van der Waals surface area contributed by atoms with Crippen molar-refractivity contribution in [1.82, 2.24) is 35.4 Å². The molecule has 1 aliphatic rings. The van der Waals surface area contributed by atoms with E-state index in [9.17, 15) is 19.5 Å². The maximum absolute atomic E-state index is 13.5. The van der Waals surface area contributed by atoms with Crippen molar-refractivity contribution in [2.75, 3.05) is 25.9 Å². The van der Waals surface area contributed by atoms with Crippen LogP contribution in [0.4, 0.5) is 10.5 Å². The molecule has 0 aliphatic carbocycles. The molecule has 4 rings (SSSR count). The summed E-state index contributed by atoms with van der Waals surface area (Å²) in [7, 11) is 8.28. The van der Waals surface area contributed by atoms with Crippen molar-refractivity contribution in [3.8, 4) is 11.3 Å². The van der Waals surface area contributed by atoms with Crippen molar-refractivity contribution in [1.29, 1.82) is 0 Å². The summed E-state index contributed by atoms with van der Waals surface area (Å²) in [5.41, 5.74) is 7.29. The highest BCUT2D eigenvalue weighted by atomic mass is 16.6. The minimum Gasteiger partial charge on any atom is -0.481 e. The number of aryl methyl sites for hydroxylation is 1. The number of hydrogen-bond acceptors (Lipinski definition) is 10. The smallest absolute Gasteiger partial charge is 0.410 e. The molecule has 1 fully saturated rings. The number of aliphatic carboxylic acids is 1. The van der Waals surface area contributed by atoms with Crippen molar-refractivity contribution in [2.45, 2.75) is 116 Å². The summed E-state index contributed by atoms with van der Waals surface area (Å²) in [5.74, 6) is -4.26. The van der Waals surface area contributed by atoms with E-state index in [0.717, 1.165) is 30.5 Å². The van der Waals surface area contributed by atoms with E-state index >= 15 is 0 Å². The molecule has 15 heteroatoms. The molecule has 1 saturated heterocycles. The van der Waals surface area contributed by atoms with Gasteiger partial charge in [0.05, 0.1) is 31.9 Å². The molecule has 1 aliphatic heterocycles. The number of nitrogens with zero attached hydrogens (tertiary/aromatic N) is 5. The number of nitrogens with two attached hydrogens (primary N) is 1. The number of carbonyl (C=O) groups is 3. The Hall–Kier alpha value is -4.24. The van der Waals surface area contributed by atoms with Crippen LogP contribution in [0.2, 0.25) is 5.82 Å². The van der Waals surface area contributed by atoms with Gasteiger partial charge >= 0.3 is 12.1 Å². The third kappa shape index (κ3) is 9.89. The first-order valence-electron chi connectivity index (χ1n) is 19.1. The van der Waals surface area contributed by atoms with Gasteiger partial charge in [0.1, 0.15) is 23.0 Å². The van der Waals surface area contributed by atoms with Crippen LogP contribution in [0.25, 0.3) is 11.3 Å². The van der Waals surface area contributed by atoms with Crippen LogP contribution >= 0.6 is 0 Å². The average Bonchev–Trinajstić information content (AvgIpc) is 3.90. The van der Waals surface area contributed by atoms with E-state index in [1.165, 1.54) is 6.20 Å². The Kier molecular flexibility index (Phi) is 14.5. The Labute approximate surface area is 320 Å². The third-order valence-electron chi connectivity index (χ3n) is 11.6. The molecule has 54 heavy (non-hydrogen) atoms. The number of aromatic amines is 1. The fourth-order valence-corrected chi connectivity index (χ4v) is 7.89. The normalized spacial score (nSPS) is 21.8. The van der Waals surface area contributed by atoms with Gasteiger partial charge in [-0.1, -0.05) is 45.0 Å². The molecular weight excluding hydrogens is 687 g/mol. The summed E-state index contributed by atoms with van der Waals surface area (Å²) in [6, 6.07) is 7.21. The van der Waals surface area contributed by atoms with E-state index in [1.807, 2.05) is 53.9 Å². The molecule has 0 bridgehead atoms. The highest BCUT2D eigenvalue weighted by Gasteiger charge is 2.55. The summed E-state index contributed by atoms with van der Waals surface area (Å²) in [5, 5.41) is 28.7. The standard InChI is InChI=1S/C39H59BN8O6/c1-9-25(3)39(7)35(48(37(52)54-39)16-11-10-15-47-23-32(45-46-47)29-13-12-14-30(41)18-29)27(5)42-20-24(2)19-38(6,53-8)34(40)26(4)33(49)31(36(50)51)17-28-21-43-44-22-28/h12-14,18,21-27,31,34-35,42H,9-11,15-17,19-20,41H2,1-8H3,(H,43,44)(H,50,51)/t24-,25-,26+,27-,31-,34-,35-,38-,39-/m1/s1. The SMILES string of the molecule is [B][C@H]([C@@H](C)C(=O)[C@@H](Cc1cn[nH]c1)C(=O)O)[C@@](C)(C[C@@H](C)CN[C@H](C)[C@H]1N(CCCCn2cc(-c3cccc(N)c3)nn2)C(=O)O[C@]1(C)[C@H](C)CC)OC. The maximum atomic E-state index is 13.5. The molecule has 9 atom stereocenters. The highest BCUT2D eigenvalue weighted by Crippen LogP contribution is 2.40. The first kappa shape index (κ1) is 42.5. The van der Waals surface area contributed by atoms with Crippen LogP contribution in [0.5, 0.6) is 0 Å². The van der Waals surface area contributed by atoms with E-state index < -0.39 is 40.6 Å². The lowest BCUT2D eigenvalue weighted by atomic mass is 9.62. The van der Waals surface area contributed by atoms with Gasteiger partial charge < -0.3 is 25.6 Å². The molecule has 2 aromatic heterocycles. The number of carbonyl (C=O) groups excluding carboxylic acids is 2. The fourth-order valence-electron chi connectivity index (χ4n) is 7.89. The first-order chi connectivity index (χ1) is 25.5. The van der Waals surface area contributed by atoms with Gasteiger partial charge in [0, 0.05) is 49.6 Å². The van der Waals surface area contributed by atoms with Crippen molar-refractivity contribution in [3.63, 3.8) is 0 Å². The predicted octanol–water partition coefficient (Wildman–Crippen LogP) is 5.17. The molecule has 1 aromatic carbocycles. The number of H-pyrrole nitrogens is 1. The van der Waals surface area contributed by atoms with Crippen LogP contribution in [0, 0.1) is 23.7 Å². The van der Waals surface area contributed by atoms with Crippen LogP contribution in [-0.4, -0.2) is 104 Å². The van der Waals surface area contributed by atoms with E-state index in [0.29, 0.717) is 37.3 Å². The van der Waals surface area contributed by atoms with Crippen molar-refractivity contribution >= 4 is 31.4 Å². The molecule has 1 amide bonds. The van der Waals surface area contributed by atoms with Gasteiger partial charge in [0.15, 0.2) is 0 Å². The van der Waals surface area contributed by atoms with Gasteiger partial charge in [-0.25, -0.2) is 4.79 Å². The van der Waals surface area contributed by atoms with Crippen LogP contribution < -0.4 is 11.1 Å². The second-order valence-electron chi connectivity index (χ2n) is 15.6. The number of Topliss-reactive ketones (excluding diaryl/α,β-unsaturated/α-hetero) is 1. The zero-order valence-corrected chi connectivity index (χ0v) is 33.1. The predicted molar refractivity (Wildman–Crippen MR) is 208 cm³/mol. The van der Waals surface area contributed by atoms with Crippen molar-refractivity contribution in [2.24, 2.45) is 23.7 Å². The molecule has 3 heterocycles. The molecule has 5 N–H and O–H groups in total. The molecule has 0 saturated carbocycles. The average molecular weight is 747 g/mol. The largest absolute Gasteiger partial charge is 0.481 e. The Morgan fingerprint density at radius 2 is 1.94 bits per heavy atom. The number of carboxylic acid groups (broad SMARTS) is 1. The van der Waals surface area contributed by atoms with Crippen LogP contribution in [-0.2, 0) is 32.0 Å². The first-order valence-corrected chi connectivity index (χ1v) is 19.1. The molecule has 294 valence electrons. The van der Waals surface area contributed by atoms with Crippen molar-refractivity contribution < 1.29 is 29.0 Å². The summed E-state index contributed by atoms with van der Waals surface area (Å²) < 4.78 is 14.0. The minimum absolute atomic E-state index is 0.0251. The lowest BCUT2D eigenvalue weighted by Gasteiger charge is -2.42. The van der Waals surface area contributed by atoms with Crippen molar-refractivity contribution in [3.05, 3.63) is 48.4 Å². The number of ether oxygens (including phenoxy) is 2. The van der Waals surface area contributed by atoms with E-state index in [-0.39, 0.29) is 36.4 Å². The summed E-state index contributed by atoms with van der Waals surface area (Å²) in [6.07, 6.45) is 7.63. The minimum atomic E-state index is -1.25. The van der Waals surface area contributed by atoms with Gasteiger partial charge in [-0.15, -0.1) is 5.10 Å². The number of aromatic nitrogens is 5. The van der Waals surface area contributed by atoms with Crippen LogP contribution in [0.3, 0.4) is 0 Å². The maximum Gasteiger partial charge on any atom is 0.410 e. The lowest BCUT2D eigenvalue weighted by Crippen LogP contribution is -2.58. The number of cyclic esters (lactones) is 1. The van der Waals surface area contributed by atoms with E-state index in [1.54, 1.807) is 20.2 Å². The van der Waals surface area contributed by atoms with Gasteiger partial charge in [-0.05, 0) is 94.8 Å². The second kappa shape index (κ2) is 18.4. The molecule has 3 aromatic rings. The Morgan fingerprint density at radius 3 is 2.57 bits per heavy atom. The molecule has 0 unspecified atom stereocenters. The number of hydrogen-bond donors (Lipinski definition) is 4. The fraction of sp³-hybridized carbons (Fsp3) is 0.641. The Morgan fingerprint density at radius 1 is 1.22 bits per heavy atom. The summed E-state index contributed by atoms with van der Waals surface area (Å²) >= 11 is 0. The van der Waals surface area contributed by atoms with Gasteiger partial charge in [0.2, 0.25) is 0 Å². The summed E-state index contributed by atoms with van der Waals surface area (Å²) in [6.45, 7) is 15.8. The number of carboxylic acids is 1. The molecule has 14 nitrogen and oxygen atoms in total. The third-order valence-corrected chi connectivity index (χ3v) is 11.6. The number of anilines is 1. The number of amides is 1. The topological polar surface area (TPSA) is 191 Å². The quantitative estimate of drug-likeness (QED) is 0.0459. The number of nitrogen functional groups attached to an aromatic ring is 1. The Balaban J connectivity index is 1.37. The number of methoxy groups -OCH3 is 1. The Bertz CT molecular complexity index is 1690. The monoisotopic (exact) mass is 746 g/mol. The van der Waals surface area contributed by atoms with Gasteiger partial charge in [0.25, 0.3) is 0 Å². The number of ketones is 1. The molecular formula is C39H59BN8O6.